The molecule has 0 atom stereocenters. The van der Waals surface area contributed by atoms with Crippen molar-refractivity contribution >= 4 is 11.3 Å². The molecule has 0 aliphatic rings. The summed E-state index contributed by atoms with van der Waals surface area (Å²) in [5.74, 6) is 0.337. The zero-order valence-corrected chi connectivity index (χ0v) is 10.1. The molecule has 0 spiro atoms. The maximum atomic E-state index is 12.8. The lowest BCUT2D eigenvalue weighted by Crippen LogP contribution is -2.00. The fraction of sp³-hybridized carbons (Fsp3) is 0.0714. The number of nitrogens with two attached hydrogens (primary N) is 1. The molecule has 0 amide bonds. The average molecular weight is 257 g/mol. The lowest BCUT2D eigenvalue weighted by molar-refractivity contribution is 0.300. The van der Waals surface area contributed by atoms with Crippen molar-refractivity contribution in [3.05, 3.63) is 60.3 Å². The van der Waals surface area contributed by atoms with Crippen LogP contribution < -0.4 is 10.5 Å². The molecule has 4 nitrogen and oxygen atoms in total. The van der Waals surface area contributed by atoms with Gasteiger partial charge in [-0.3, -0.25) is 0 Å². The van der Waals surface area contributed by atoms with E-state index in [2.05, 4.69) is 4.98 Å². The third-order valence-corrected chi connectivity index (χ3v) is 2.81. The maximum Gasteiger partial charge on any atom is 0.139 e. The molecule has 0 saturated carbocycles. The minimum Gasteiger partial charge on any atom is -0.487 e. The highest BCUT2D eigenvalue weighted by molar-refractivity contribution is 5.52. The van der Waals surface area contributed by atoms with Crippen molar-refractivity contribution in [3.8, 4) is 5.75 Å². The molecule has 5 heteroatoms. The van der Waals surface area contributed by atoms with Gasteiger partial charge in [-0.1, -0.05) is 0 Å². The highest BCUT2D eigenvalue weighted by atomic mass is 19.1. The third-order valence-electron chi connectivity index (χ3n) is 2.81. The molecule has 0 unspecified atom stereocenters. The lowest BCUT2D eigenvalue weighted by Gasteiger charge is -2.06. The number of benzene rings is 1. The summed E-state index contributed by atoms with van der Waals surface area (Å²) in [5.41, 5.74) is 8.04. The molecule has 0 saturated heterocycles. The van der Waals surface area contributed by atoms with Crippen LogP contribution in [0.3, 0.4) is 0 Å². The number of pyridine rings is 1. The second-order valence-corrected chi connectivity index (χ2v) is 4.18. The van der Waals surface area contributed by atoms with E-state index in [1.54, 1.807) is 30.5 Å². The van der Waals surface area contributed by atoms with Gasteiger partial charge in [0.1, 0.15) is 23.8 Å². The molecule has 0 aliphatic heterocycles. The Morgan fingerprint density at radius 2 is 2.00 bits per heavy atom. The molecule has 2 N–H and O–H groups in total. The summed E-state index contributed by atoms with van der Waals surface area (Å²) in [4.78, 5) is 4.25. The van der Waals surface area contributed by atoms with Gasteiger partial charge >= 0.3 is 0 Å². The van der Waals surface area contributed by atoms with Gasteiger partial charge in [-0.2, -0.15) is 0 Å². The lowest BCUT2D eigenvalue weighted by atomic mass is 10.3. The average Bonchev–Trinajstić information content (AvgIpc) is 2.80. The first-order valence-electron chi connectivity index (χ1n) is 5.82. The molecule has 2 heterocycles. The van der Waals surface area contributed by atoms with Crippen LogP contribution in [-0.2, 0) is 6.61 Å². The molecule has 0 aliphatic carbocycles. The van der Waals surface area contributed by atoms with Gasteiger partial charge in [-0.15, -0.1) is 0 Å². The molecule has 2 aromatic heterocycles. The molecule has 3 aromatic rings. The zero-order valence-electron chi connectivity index (χ0n) is 10.1. The SMILES string of the molecule is Nc1ccn2c(COc3ccc(F)cc3)cnc2c1. The summed E-state index contributed by atoms with van der Waals surface area (Å²) in [6.45, 7) is 0.358. The number of anilines is 1. The van der Waals surface area contributed by atoms with Crippen molar-refractivity contribution in [2.24, 2.45) is 0 Å². The fourth-order valence-electron chi connectivity index (χ4n) is 1.84. The number of nitrogen functional groups attached to an aromatic ring is 1. The van der Waals surface area contributed by atoms with E-state index in [1.165, 1.54) is 12.1 Å². The first-order chi connectivity index (χ1) is 9.22. The van der Waals surface area contributed by atoms with Gasteiger partial charge in [0, 0.05) is 18.0 Å². The number of hydrogen-bond acceptors (Lipinski definition) is 3. The molecule has 0 fully saturated rings. The largest absolute Gasteiger partial charge is 0.487 e. The van der Waals surface area contributed by atoms with Crippen LogP contribution in [0.5, 0.6) is 5.75 Å². The van der Waals surface area contributed by atoms with Crippen molar-refractivity contribution < 1.29 is 9.13 Å². The Hall–Kier alpha value is -2.56. The predicted molar refractivity (Wildman–Crippen MR) is 70.3 cm³/mol. The van der Waals surface area contributed by atoms with Crippen molar-refractivity contribution in [1.29, 1.82) is 0 Å². The topological polar surface area (TPSA) is 52.5 Å². The number of nitrogens with zero attached hydrogens (tertiary/aromatic N) is 2. The minimum atomic E-state index is -0.280. The van der Waals surface area contributed by atoms with Crippen LogP contribution in [0, 0.1) is 5.82 Å². The van der Waals surface area contributed by atoms with Crippen LogP contribution in [0.1, 0.15) is 5.69 Å². The van der Waals surface area contributed by atoms with Gasteiger partial charge < -0.3 is 14.9 Å². The zero-order chi connectivity index (χ0) is 13.2. The molecular weight excluding hydrogens is 245 g/mol. The highest BCUT2D eigenvalue weighted by Crippen LogP contribution is 2.15. The monoisotopic (exact) mass is 257 g/mol. The van der Waals surface area contributed by atoms with E-state index in [-0.39, 0.29) is 5.82 Å². The number of halogens is 1. The normalized spacial score (nSPS) is 10.8. The number of ether oxygens (including phenoxy) is 1. The van der Waals surface area contributed by atoms with Crippen LogP contribution >= 0.6 is 0 Å². The van der Waals surface area contributed by atoms with Crippen molar-refractivity contribution in [2.45, 2.75) is 6.61 Å². The van der Waals surface area contributed by atoms with E-state index in [4.69, 9.17) is 10.5 Å². The summed E-state index contributed by atoms with van der Waals surface area (Å²) < 4.78 is 20.3. The first-order valence-corrected chi connectivity index (χ1v) is 5.82. The van der Waals surface area contributed by atoms with E-state index in [9.17, 15) is 4.39 Å². The summed E-state index contributed by atoms with van der Waals surface area (Å²) in [7, 11) is 0. The molecule has 96 valence electrons. The predicted octanol–water partition coefficient (Wildman–Crippen LogP) is 2.63. The first kappa shape index (κ1) is 11.5. The Balaban J connectivity index is 1.80. The van der Waals surface area contributed by atoms with Gasteiger partial charge in [0.25, 0.3) is 0 Å². The standard InChI is InChI=1S/C14H12FN3O/c15-10-1-3-13(4-2-10)19-9-12-8-17-14-7-11(16)5-6-18(12)14/h1-8H,9,16H2. The van der Waals surface area contributed by atoms with Crippen molar-refractivity contribution in [2.75, 3.05) is 5.73 Å². The van der Waals surface area contributed by atoms with Crippen molar-refractivity contribution in [3.63, 3.8) is 0 Å². The fourth-order valence-corrected chi connectivity index (χ4v) is 1.84. The summed E-state index contributed by atoms with van der Waals surface area (Å²) in [5, 5.41) is 0. The van der Waals surface area contributed by atoms with Crippen LogP contribution in [0.15, 0.2) is 48.8 Å². The van der Waals surface area contributed by atoms with E-state index < -0.39 is 0 Å². The Labute approximate surface area is 109 Å². The van der Waals surface area contributed by atoms with Crippen LogP contribution in [0.2, 0.25) is 0 Å². The second-order valence-electron chi connectivity index (χ2n) is 4.18. The Bertz CT molecular complexity index is 706. The molecule has 1 aromatic carbocycles. The number of fused-ring (bicyclic) bond motifs is 1. The molecule has 3 rings (SSSR count). The summed E-state index contributed by atoms with van der Waals surface area (Å²) >= 11 is 0. The molecular formula is C14H12FN3O. The molecule has 0 radical (unpaired) electrons. The number of rotatable bonds is 3. The summed E-state index contributed by atoms with van der Waals surface area (Å²) in [6.07, 6.45) is 3.58. The van der Waals surface area contributed by atoms with Crippen molar-refractivity contribution in [1.82, 2.24) is 9.38 Å². The van der Waals surface area contributed by atoms with Gasteiger partial charge in [0.2, 0.25) is 0 Å². The summed E-state index contributed by atoms with van der Waals surface area (Å²) in [6, 6.07) is 9.51. The number of imidazole rings is 1. The van der Waals surface area contributed by atoms with Gasteiger partial charge in [0.15, 0.2) is 0 Å². The smallest absolute Gasteiger partial charge is 0.139 e. The van der Waals surface area contributed by atoms with E-state index in [0.717, 1.165) is 11.3 Å². The Morgan fingerprint density at radius 1 is 1.21 bits per heavy atom. The Kier molecular flexibility index (Phi) is 2.79. The quantitative estimate of drug-likeness (QED) is 0.784. The minimum absolute atomic E-state index is 0.280. The van der Waals surface area contributed by atoms with Crippen LogP contribution in [0.4, 0.5) is 10.1 Å². The van der Waals surface area contributed by atoms with Crippen LogP contribution in [-0.4, -0.2) is 9.38 Å². The molecule has 0 bridgehead atoms. The van der Waals surface area contributed by atoms with E-state index in [0.29, 0.717) is 18.0 Å². The number of aromatic nitrogens is 2. The third kappa shape index (κ3) is 2.35. The van der Waals surface area contributed by atoms with E-state index in [1.807, 2.05) is 10.6 Å². The van der Waals surface area contributed by atoms with Crippen LogP contribution in [0.25, 0.3) is 5.65 Å². The van der Waals surface area contributed by atoms with Gasteiger partial charge in [0.05, 0.1) is 11.9 Å². The maximum absolute atomic E-state index is 12.8. The number of hydrogen-bond donors (Lipinski definition) is 1. The Morgan fingerprint density at radius 3 is 2.79 bits per heavy atom. The second kappa shape index (κ2) is 4.61. The molecule has 19 heavy (non-hydrogen) atoms. The van der Waals surface area contributed by atoms with Gasteiger partial charge in [-0.25, -0.2) is 9.37 Å². The van der Waals surface area contributed by atoms with E-state index >= 15 is 0 Å². The highest BCUT2D eigenvalue weighted by Gasteiger charge is 2.04. The van der Waals surface area contributed by atoms with Gasteiger partial charge in [-0.05, 0) is 30.3 Å².